The minimum atomic E-state index is -3.55. The Morgan fingerprint density at radius 1 is 1.19 bits per heavy atom. The number of H-pyrrole nitrogens is 1. The fourth-order valence-electron chi connectivity index (χ4n) is 3.22. The summed E-state index contributed by atoms with van der Waals surface area (Å²) in [6, 6.07) is 14.5. The van der Waals surface area contributed by atoms with Crippen LogP contribution >= 0.6 is 11.3 Å². The molecule has 8 heteroatoms. The van der Waals surface area contributed by atoms with Crippen LogP contribution in [0.25, 0.3) is 10.4 Å². The summed E-state index contributed by atoms with van der Waals surface area (Å²) in [6.07, 6.45) is 1.62. The third-order valence-electron chi connectivity index (χ3n) is 4.58. The van der Waals surface area contributed by atoms with Crippen LogP contribution in [0.4, 0.5) is 0 Å². The minimum Gasteiger partial charge on any atom is -0.297 e. The average molecular weight is 402 g/mol. The molecule has 0 amide bonds. The van der Waals surface area contributed by atoms with Crippen LogP contribution in [-0.4, -0.2) is 36.1 Å². The highest BCUT2D eigenvalue weighted by Gasteiger charge is 2.23. The topological polar surface area (TPSA) is 83.1 Å². The van der Waals surface area contributed by atoms with Gasteiger partial charge in [0.1, 0.15) is 0 Å². The number of aromatic amines is 1. The van der Waals surface area contributed by atoms with Crippen molar-refractivity contribution in [1.29, 1.82) is 0 Å². The molecule has 0 aliphatic carbocycles. The van der Waals surface area contributed by atoms with E-state index >= 15 is 0 Å². The molecule has 1 aromatic carbocycles. The molecule has 27 heavy (non-hydrogen) atoms. The van der Waals surface area contributed by atoms with Crippen LogP contribution in [0.2, 0.25) is 0 Å². The second-order valence-corrected chi connectivity index (χ2v) is 9.76. The van der Waals surface area contributed by atoms with E-state index in [1.807, 2.05) is 18.2 Å². The predicted molar refractivity (Wildman–Crippen MR) is 106 cm³/mol. The summed E-state index contributed by atoms with van der Waals surface area (Å²) in [7, 11) is -3.55. The largest absolute Gasteiger partial charge is 0.297 e. The van der Waals surface area contributed by atoms with Crippen molar-refractivity contribution < 1.29 is 8.42 Å². The van der Waals surface area contributed by atoms with Gasteiger partial charge in [0.25, 0.3) is 5.56 Å². The zero-order chi connectivity index (χ0) is 19.0. The van der Waals surface area contributed by atoms with Crippen LogP contribution in [0, 0.1) is 0 Å². The van der Waals surface area contributed by atoms with Crippen molar-refractivity contribution in [2.45, 2.75) is 24.7 Å². The highest BCUT2D eigenvalue weighted by Crippen LogP contribution is 2.29. The van der Waals surface area contributed by atoms with E-state index in [1.54, 1.807) is 11.3 Å². The molecule has 0 spiro atoms. The number of thiophene rings is 1. The van der Waals surface area contributed by atoms with Gasteiger partial charge in [-0.15, -0.1) is 11.3 Å². The van der Waals surface area contributed by atoms with Crippen molar-refractivity contribution in [3.05, 3.63) is 69.0 Å². The number of aromatic nitrogens is 2. The molecule has 0 radical (unpaired) electrons. The highest BCUT2D eigenvalue weighted by molar-refractivity contribution is 7.90. The van der Waals surface area contributed by atoms with Crippen molar-refractivity contribution in [3.63, 3.8) is 0 Å². The molecule has 2 aromatic heterocycles. The van der Waals surface area contributed by atoms with E-state index in [4.69, 9.17) is 0 Å². The first-order valence-electron chi connectivity index (χ1n) is 8.59. The zero-order valence-corrected chi connectivity index (χ0v) is 16.4. The normalized spacial score (nSPS) is 14.9. The van der Waals surface area contributed by atoms with Crippen molar-refractivity contribution in [1.82, 2.24) is 14.9 Å². The Kier molecular flexibility index (Phi) is 4.71. The average Bonchev–Trinajstić information content (AvgIpc) is 3.10. The molecule has 3 aromatic rings. The summed E-state index contributed by atoms with van der Waals surface area (Å²) in [4.78, 5) is 23.4. The smallest absolute Gasteiger partial charge is 0.255 e. The van der Waals surface area contributed by atoms with Crippen molar-refractivity contribution in [2.75, 3.05) is 12.8 Å². The maximum atomic E-state index is 12.2. The summed E-state index contributed by atoms with van der Waals surface area (Å²) < 4.78 is 23.5. The van der Waals surface area contributed by atoms with E-state index in [0.29, 0.717) is 24.2 Å². The first-order valence-corrected chi connectivity index (χ1v) is 11.3. The lowest BCUT2D eigenvalue weighted by Gasteiger charge is -2.27. The summed E-state index contributed by atoms with van der Waals surface area (Å²) in [6.45, 7) is 1.97. The molecule has 0 unspecified atom stereocenters. The lowest BCUT2D eigenvalue weighted by molar-refractivity contribution is 0.241. The van der Waals surface area contributed by atoms with Gasteiger partial charge in [-0.3, -0.25) is 14.7 Å². The third kappa shape index (κ3) is 3.87. The Hall–Kier alpha value is -2.29. The lowest BCUT2D eigenvalue weighted by Crippen LogP contribution is -2.35. The number of benzene rings is 1. The molecule has 0 saturated heterocycles. The monoisotopic (exact) mass is 401 g/mol. The Morgan fingerprint density at radius 3 is 2.70 bits per heavy atom. The number of fused-ring (bicyclic) bond motifs is 1. The van der Waals surface area contributed by atoms with Gasteiger partial charge in [0.2, 0.25) is 15.0 Å². The van der Waals surface area contributed by atoms with Gasteiger partial charge in [-0.05, 0) is 24.1 Å². The fourth-order valence-corrected chi connectivity index (χ4v) is 4.83. The molecule has 1 N–H and O–H groups in total. The van der Waals surface area contributed by atoms with Crippen LogP contribution in [-0.2, 0) is 29.3 Å². The van der Waals surface area contributed by atoms with E-state index in [-0.39, 0.29) is 10.7 Å². The van der Waals surface area contributed by atoms with Gasteiger partial charge < -0.3 is 0 Å². The minimum absolute atomic E-state index is 0.254. The summed E-state index contributed by atoms with van der Waals surface area (Å²) in [5.41, 5.74) is 2.01. The number of hydrogen-bond acceptors (Lipinski definition) is 6. The molecule has 0 saturated carbocycles. The number of rotatable bonds is 4. The van der Waals surface area contributed by atoms with Gasteiger partial charge in [0.15, 0.2) is 0 Å². The molecular formula is C19H19N3O3S2. The van der Waals surface area contributed by atoms with Crippen molar-refractivity contribution >= 4 is 21.2 Å². The Morgan fingerprint density at radius 2 is 1.96 bits per heavy atom. The molecule has 3 heterocycles. The number of hydrogen-bond donors (Lipinski definition) is 1. The quantitative estimate of drug-likeness (QED) is 0.679. The SMILES string of the molecule is CS(=O)(=O)c1nc2c(c(=O)[nH]1)CCN(Cc1ccc(-c3ccccc3)s1)C2. The number of nitrogens with one attached hydrogen (secondary N) is 1. The van der Waals surface area contributed by atoms with Crippen molar-refractivity contribution in [3.8, 4) is 10.4 Å². The maximum absolute atomic E-state index is 12.2. The molecule has 0 atom stereocenters. The summed E-state index contributed by atoms with van der Waals surface area (Å²) >= 11 is 1.75. The maximum Gasteiger partial charge on any atom is 0.255 e. The first kappa shape index (κ1) is 18.1. The third-order valence-corrected chi connectivity index (χ3v) is 6.60. The highest BCUT2D eigenvalue weighted by atomic mass is 32.2. The lowest BCUT2D eigenvalue weighted by atomic mass is 10.1. The van der Waals surface area contributed by atoms with Crippen LogP contribution < -0.4 is 5.56 Å². The molecule has 4 rings (SSSR count). The van der Waals surface area contributed by atoms with E-state index in [1.165, 1.54) is 15.3 Å². The fraction of sp³-hybridized carbons (Fsp3) is 0.263. The Bertz CT molecular complexity index is 1130. The predicted octanol–water partition coefficient (Wildman–Crippen LogP) is 2.46. The summed E-state index contributed by atoms with van der Waals surface area (Å²) in [5.74, 6) is 0. The zero-order valence-electron chi connectivity index (χ0n) is 14.8. The molecule has 1 aliphatic heterocycles. The van der Waals surface area contributed by atoms with Gasteiger partial charge >= 0.3 is 0 Å². The molecule has 6 nitrogen and oxygen atoms in total. The van der Waals surface area contributed by atoms with Gasteiger partial charge in [0.05, 0.1) is 5.69 Å². The van der Waals surface area contributed by atoms with Crippen LogP contribution in [0.5, 0.6) is 0 Å². The standard InChI is InChI=1S/C19H19N3O3S2/c1-27(24,25)19-20-16-12-22(10-9-15(16)18(23)21-19)11-14-7-8-17(26-14)13-5-3-2-4-6-13/h2-8H,9-12H2,1H3,(H,20,21,23). The van der Waals surface area contributed by atoms with E-state index in [0.717, 1.165) is 19.3 Å². The molecule has 0 bridgehead atoms. The molecule has 140 valence electrons. The second-order valence-electron chi connectivity index (χ2n) is 6.66. The molecule has 0 fully saturated rings. The van der Waals surface area contributed by atoms with E-state index in [9.17, 15) is 13.2 Å². The van der Waals surface area contributed by atoms with Crippen molar-refractivity contribution in [2.24, 2.45) is 0 Å². The first-order chi connectivity index (χ1) is 12.9. The van der Waals surface area contributed by atoms with Gasteiger partial charge in [-0.1, -0.05) is 30.3 Å². The Balaban J connectivity index is 1.54. The number of nitrogens with zero attached hydrogens (tertiary/aromatic N) is 2. The van der Waals surface area contributed by atoms with E-state index < -0.39 is 9.84 Å². The summed E-state index contributed by atoms with van der Waals surface area (Å²) in [5, 5.41) is -0.254. The van der Waals surface area contributed by atoms with E-state index in [2.05, 4.69) is 39.1 Å². The Labute approximate surface area is 161 Å². The van der Waals surface area contributed by atoms with Crippen LogP contribution in [0.15, 0.2) is 52.4 Å². The van der Waals surface area contributed by atoms with Crippen LogP contribution in [0.3, 0.4) is 0 Å². The van der Waals surface area contributed by atoms with Crippen LogP contribution in [0.1, 0.15) is 16.1 Å². The van der Waals surface area contributed by atoms with Gasteiger partial charge in [-0.2, -0.15) is 0 Å². The molecule has 1 aliphatic rings. The van der Waals surface area contributed by atoms with Gasteiger partial charge in [-0.25, -0.2) is 13.4 Å². The second kappa shape index (κ2) is 7.03. The number of sulfone groups is 1. The van der Waals surface area contributed by atoms with Gasteiger partial charge in [0, 0.05) is 41.2 Å². The molecular weight excluding hydrogens is 382 g/mol.